The Balaban J connectivity index is 2.24. The third kappa shape index (κ3) is 1.32. The third-order valence-corrected chi connectivity index (χ3v) is 4.03. The van der Waals surface area contributed by atoms with E-state index >= 15 is 0 Å². The maximum absolute atomic E-state index is 11.8. The Kier molecular flexibility index (Phi) is 2.18. The fraction of sp³-hybridized carbons (Fsp3) is 0.909. The summed E-state index contributed by atoms with van der Waals surface area (Å²) in [6, 6.07) is 0. The van der Waals surface area contributed by atoms with Crippen LogP contribution in [0.5, 0.6) is 0 Å². The maximum atomic E-state index is 11.8. The largest absolute Gasteiger partial charge is 0.393 e. The molecule has 2 nitrogen and oxygen atoms in total. The van der Waals surface area contributed by atoms with Gasteiger partial charge in [0, 0.05) is 11.8 Å². The van der Waals surface area contributed by atoms with Crippen molar-refractivity contribution in [3.05, 3.63) is 0 Å². The molecule has 0 aromatic carbocycles. The van der Waals surface area contributed by atoms with Crippen LogP contribution < -0.4 is 0 Å². The summed E-state index contributed by atoms with van der Waals surface area (Å²) >= 11 is 0. The molecule has 0 aromatic rings. The number of Topliss-reactive ketones (excluding diaryl/α,β-unsaturated/α-hetero) is 1. The van der Waals surface area contributed by atoms with Crippen LogP contribution in [0.15, 0.2) is 0 Å². The van der Waals surface area contributed by atoms with Crippen LogP contribution in [-0.2, 0) is 4.79 Å². The minimum absolute atomic E-state index is 0.185. The molecule has 2 fully saturated rings. The van der Waals surface area contributed by atoms with E-state index in [-0.39, 0.29) is 17.4 Å². The average molecular weight is 182 g/mol. The van der Waals surface area contributed by atoms with Gasteiger partial charge in [-0.25, -0.2) is 0 Å². The van der Waals surface area contributed by atoms with Gasteiger partial charge in [-0.1, -0.05) is 6.92 Å². The predicted octanol–water partition coefficient (Wildman–Crippen LogP) is 1.91. The summed E-state index contributed by atoms with van der Waals surface area (Å²) in [5, 5.41) is 9.84. The number of aliphatic hydroxyl groups is 1. The second kappa shape index (κ2) is 3.09. The monoisotopic (exact) mass is 182 g/mol. The average Bonchev–Trinajstić information content (AvgIpc) is 2.08. The molecular weight excluding hydrogens is 164 g/mol. The van der Waals surface area contributed by atoms with E-state index in [1.807, 2.05) is 0 Å². The van der Waals surface area contributed by atoms with E-state index in [4.69, 9.17) is 0 Å². The molecule has 0 saturated heterocycles. The summed E-state index contributed by atoms with van der Waals surface area (Å²) in [5.41, 5.74) is -0.185. The number of carbonyl (C=O) groups is 1. The van der Waals surface area contributed by atoms with Crippen LogP contribution >= 0.6 is 0 Å². The zero-order valence-electron chi connectivity index (χ0n) is 8.25. The molecule has 0 amide bonds. The summed E-state index contributed by atoms with van der Waals surface area (Å²) in [7, 11) is 0. The highest BCUT2D eigenvalue weighted by molar-refractivity contribution is 5.85. The van der Waals surface area contributed by atoms with Gasteiger partial charge >= 0.3 is 0 Å². The van der Waals surface area contributed by atoms with Gasteiger partial charge in [0.25, 0.3) is 0 Å². The van der Waals surface area contributed by atoms with Crippen LogP contribution in [0.3, 0.4) is 0 Å². The topological polar surface area (TPSA) is 37.3 Å². The molecule has 0 aliphatic heterocycles. The molecule has 2 aliphatic rings. The van der Waals surface area contributed by atoms with Gasteiger partial charge in [0.1, 0.15) is 5.78 Å². The van der Waals surface area contributed by atoms with Crippen molar-refractivity contribution in [2.75, 3.05) is 0 Å². The van der Waals surface area contributed by atoms with Gasteiger partial charge in [0.2, 0.25) is 0 Å². The lowest BCUT2D eigenvalue weighted by Crippen LogP contribution is -2.47. The highest BCUT2D eigenvalue weighted by Gasteiger charge is 2.47. The highest BCUT2D eigenvalue weighted by Crippen LogP contribution is 2.47. The van der Waals surface area contributed by atoms with E-state index in [0.29, 0.717) is 5.78 Å². The molecule has 0 bridgehead atoms. The van der Waals surface area contributed by atoms with Gasteiger partial charge in [-0.05, 0) is 38.0 Å². The maximum Gasteiger partial charge on any atom is 0.139 e. The first-order valence-electron chi connectivity index (χ1n) is 5.36. The summed E-state index contributed by atoms with van der Waals surface area (Å²) in [6.07, 6.45) is 5.45. The zero-order chi connectivity index (χ0) is 9.47. The van der Waals surface area contributed by atoms with Gasteiger partial charge in [-0.3, -0.25) is 4.79 Å². The van der Waals surface area contributed by atoms with Crippen LogP contribution in [0.4, 0.5) is 0 Å². The molecule has 1 N–H and O–H groups in total. The Morgan fingerprint density at radius 2 is 2.15 bits per heavy atom. The van der Waals surface area contributed by atoms with Crippen molar-refractivity contribution in [1.82, 2.24) is 0 Å². The molecule has 13 heavy (non-hydrogen) atoms. The minimum atomic E-state index is -0.219. The molecule has 2 saturated carbocycles. The van der Waals surface area contributed by atoms with Crippen LogP contribution in [0.1, 0.15) is 45.4 Å². The Hall–Kier alpha value is -0.370. The van der Waals surface area contributed by atoms with E-state index in [1.54, 1.807) is 0 Å². The lowest BCUT2D eigenvalue weighted by atomic mass is 9.59. The first kappa shape index (κ1) is 9.20. The van der Waals surface area contributed by atoms with Crippen LogP contribution in [0, 0.1) is 11.3 Å². The lowest BCUT2D eigenvalue weighted by molar-refractivity contribution is -0.142. The molecule has 0 heterocycles. The molecule has 0 aromatic heterocycles. The Morgan fingerprint density at radius 1 is 1.38 bits per heavy atom. The first-order valence-corrected chi connectivity index (χ1v) is 5.36. The van der Waals surface area contributed by atoms with E-state index < -0.39 is 0 Å². The number of hydrogen-bond donors (Lipinski definition) is 1. The lowest BCUT2D eigenvalue weighted by Gasteiger charge is -2.46. The molecule has 74 valence electrons. The van der Waals surface area contributed by atoms with Crippen LogP contribution in [-0.4, -0.2) is 17.0 Å². The second-order valence-electron chi connectivity index (χ2n) is 4.80. The van der Waals surface area contributed by atoms with Gasteiger partial charge < -0.3 is 5.11 Å². The quantitative estimate of drug-likeness (QED) is 0.621. The molecule has 2 rings (SSSR count). The first-order chi connectivity index (χ1) is 6.14. The summed E-state index contributed by atoms with van der Waals surface area (Å²) in [4.78, 5) is 11.8. The third-order valence-electron chi connectivity index (χ3n) is 4.03. The fourth-order valence-electron chi connectivity index (χ4n) is 3.11. The molecule has 0 radical (unpaired) electrons. The highest BCUT2D eigenvalue weighted by atomic mass is 16.3. The minimum Gasteiger partial charge on any atom is -0.393 e. The van der Waals surface area contributed by atoms with E-state index in [9.17, 15) is 9.90 Å². The molecule has 0 unspecified atom stereocenters. The van der Waals surface area contributed by atoms with E-state index in [1.165, 1.54) is 0 Å². The molecular formula is C11H18O2. The Bertz CT molecular complexity index is 224. The number of ketones is 1. The van der Waals surface area contributed by atoms with E-state index in [0.717, 1.165) is 38.5 Å². The van der Waals surface area contributed by atoms with Gasteiger partial charge in [-0.15, -0.1) is 0 Å². The molecule has 2 heteroatoms. The number of carbonyl (C=O) groups excluding carboxylic acids is 1. The molecule has 0 spiro atoms. The standard InChI is InChI=1S/C11H18O2/c1-11-7-3-5-9(12)8(11)4-2-6-10(11)13/h8-9,12H,2-7H2,1H3/t8-,9+,11-/m0/s1. The number of rotatable bonds is 0. The van der Waals surface area contributed by atoms with Crippen molar-refractivity contribution in [2.24, 2.45) is 11.3 Å². The number of aliphatic hydroxyl groups excluding tert-OH is 1. The second-order valence-corrected chi connectivity index (χ2v) is 4.80. The van der Waals surface area contributed by atoms with Gasteiger partial charge in [0.05, 0.1) is 6.10 Å². The van der Waals surface area contributed by atoms with E-state index in [2.05, 4.69) is 6.92 Å². The number of fused-ring (bicyclic) bond motifs is 1. The Morgan fingerprint density at radius 3 is 2.85 bits per heavy atom. The van der Waals surface area contributed by atoms with Crippen molar-refractivity contribution in [3.8, 4) is 0 Å². The summed E-state index contributed by atoms with van der Waals surface area (Å²) in [6.45, 7) is 2.06. The van der Waals surface area contributed by atoms with Gasteiger partial charge in [0.15, 0.2) is 0 Å². The SMILES string of the molecule is C[C@]12CCC[C@@H](O)[C@@H]1CCCC2=O. The smallest absolute Gasteiger partial charge is 0.139 e. The van der Waals surface area contributed by atoms with Crippen molar-refractivity contribution in [2.45, 2.75) is 51.6 Å². The number of hydrogen-bond acceptors (Lipinski definition) is 2. The predicted molar refractivity (Wildman–Crippen MR) is 50.3 cm³/mol. The summed E-state index contributed by atoms with van der Waals surface area (Å²) in [5.74, 6) is 0.644. The van der Waals surface area contributed by atoms with Crippen molar-refractivity contribution >= 4 is 5.78 Å². The normalized spacial score (nSPS) is 45.8. The van der Waals surface area contributed by atoms with Crippen LogP contribution in [0.25, 0.3) is 0 Å². The van der Waals surface area contributed by atoms with Crippen molar-refractivity contribution in [3.63, 3.8) is 0 Å². The molecule has 3 atom stereocenters. The fourth-order valence-corrected chi connectivity index (χ4v) is 3.11. The molecule has 2 aliphatic carbocycles. The van der Waals surface area contributed by atoms with Crippen LogP contribution in [0.2, 0.25) is 0 Å². The zero-order valence-corrected chi connectivity index (χ0v) is 8.25. The Labute approximate surface area is 79.3 Å². The summed E-state index contributed by atoms with van der Waals surface area (Å²) < 4.78 is 0. The van der Waals surface area contributed by atoms with Gasteiger partial charge in [-0.2, -0.15) is 0 Å². The van der Waals surface area contributed by atoms with Crippen molar-refractivity contribution in [1.29, 1.82) is 0 Å². The van der Waals surface area contributed by atoms with Crippen molar-refractivity contribution < 1.29 is 9.90 Å².